The smallest absolute Gasteiger partial charge is 0.250 e. The van der Waals surface area contributed by atoms with Gasteiger partial charge in [0.05, 0.1) is 18.4 Å². The minimum absolute atomic E-state index is 0.383. The fraction of sp³-hybridized carbons (Fsp3) is 0.200. The van der Waals surface area contributed by atoms with Gasteiger partial charge in [-0.05, 0) is 36.6 Å². The third-order valence-corrected chi connectivity index (χ3v) is 4.35. The number of nitrogens with one attached hydrogen (secondary N) is 1. The lowest BCUT2D eigenvalue weighted by atomic mass is 9.95. The number of para-hydroxylation sites is 1. The molecule has 0 aliphatic carbocycles. The summed E-state index contributed by atoms with van der Waals surface area (Å²) in [4.78, 5) is 24.0. The van der Waals surface area contributed by atoms with Gasteiger partial charge in [0.1, 0.15) is 5.75 Å². The third-order valence-electron chi connectivity index (χ3n) is 4.35. The zero-order valence-electron chi connectivity index (χ0n) is 14.0. The van der Waals surface area contributed by atoms with Crippen molar-refractivity contribution < 1.29 is 4.74 Å². The van der Waals surface area contributed by atoms with Crippen molar-refractivity contribution in [1.82, 2.24) is 0 Å². The third kappa shape index (κ3) is 2.71. The Kier molecular flexibility index (Phi) is 4.21. The molecule has 3 aromatic rings. The molecule has 0 heterocycles. The first-order chi connectivity index (χ1) is 11.5. The molecule has 4 heteroatoms. The second-order valence-corrected chi connectivity index (χ2v) is 5.87. The highest BCUT2D eigenvalue weighted by Crippen LogP contribution is 2.27. The highest BCUT2D eigenvalue weighted by atomic mass is 16.5. The summed E-state index contributed by atoms with van der Waals surface area (Å²) in [5.41, 5.74) is 3.92. The van der Waals surface area contributed by atoms with Crippen molar-refractivity contribution >= 4 is 5.69 Å². The lowest BCUT2D eigenvalue weighted by Crippen LogP contribution is -2.36. The molecule has 122 valence electrons. The van der Waals surface area contributed by atoms with E-state index in [2.05, 4.69) is 5.32 Å². The van der Waals surface area contributed by atoms with E-state index in [0.29, 0.717) is 17.8 Å². The largest absolute Gasteiger partial charge is 0.496 e. The van der Waals surface area contributed by atoms with Gasteiger partial charge in [-0.1, -0.05) is 36.4 Å². The number of rotatable bonds is 5. The molecule has 0 spiro atoms. The molecule has 1 N–H and O–H groups in total. The normalized spacial score (nSPS) is 10.8. The Labute approximate surface area is 140 Å². The summed E-state index contributed by atoms with van der Waals surface area (Å²) in [7, 11) is 1.61. The molecule has 0 unspecified atom stereocenters. The van der Waals surface area contributed by atoms with E-state index in [9.17, 15) is 9.59 Å². The van der Waals surface area contributed by atoms with Gasteiger partial charge in [0, 0.05) is 12.1 Å². The van der Waals surface area contributed by atoms with Crippen LogP contribution in [0, 0.1) is 13.8 Å². The van der Waals surface area contributed by atoms with Crippen molar-refractivity contribution in [3.63, 3.8) is 0 Å². The van der Waals surface area contributed by atoms with Crippen LogP contribution in [0.1, 0.15) is 16.7 Å². The molecule has 0 fully saturated rings. The summed E-state index contributed by atoms with van der Waals surface area (Å²) < 4.78 is 5.31. The van der Waals surface area contributed by atoms with Gasteiger partial charge in [-0.25, -0.2) is 0 Å². The summed E-state index contributed by atoms with van der Waals surface area (Å²) >= 11 is 0. The lowest BCUT2D eigenvalue weighted by Gasteiger charge is -2.15. The van der Waals surface area contributed by atoms with Crippen LogP contribution in [-0.4, -0.2) is 7.11 Å². The van der Waals surface area contributed by atoms with E-state index >= 15 is 0 Å². The Morgan fingerprint density at radius 3 is 2.42 bits per heavy atom. The Morgan fingerprint density at radius 2 is 1.71 bits per heavy atom. The number of hydrogen-bond acceptors (Lipinski definition) is 4. The highest BCUT2D eigenvalue weighted by Gasteiger charge is 2.22. The molecule has 24 heavy (non-hydrogen) atoms. The first-order valence-corrected chi connectivity index (χ1v) is 7.79. The average molecular weight is 321 g/mol. The molecule has 0 aliphatic heterocycles. The summed E-state index contributed by atoms with van der Waals surface area (Å²) in [6, 6.07) is 13.4. The summed E-state index contributed by atoms with van der Waals surface area (Å²) in [5.74, 6) is 0.747. The van der Waals surface area contributed by atoms with Crippen molar-refractivity contribution in [1.29, 1.82) is 0 Å². The maximum atomic E-state index is 12.0. The van der Waals surface area contributed by atoms with Crippen molar-refractivity contribution in [3.05, 3.63) is 79.6 Å². The number of benzene rings is 2. The molecule has 0 saturated carbocycles. The van der Waals surface area contributed by atoms with Crippen LogP contribution in [0.25, 0.3) is 11.1 Å². The second kappa shape index (κ2) is 6.32. The first kappa shape index (κ1) is 16.0. The monoisotopic (exact) mass is 321 g/mol. The summed E-state index contributed by atoms with van der Waals surface area (Å²) in [6.07, 6.45) is 0. The van der Waals surface area contributed by atoms with Gasteiger partial charge in [-0.3, -0.25) is 9.59 Å². The van der Waals surface area contributed by atoms with Crippen LogP contribution in [0.15, 0.2) is 52.1 Å². The average Bonchev–Trinajstić information content (AvgIpc) is 2.60. The SMILES string of the molecule is COc1ccccc1CNc1c(-c2ccc(C)c(C)c2)c(=O)c1=O. The number of ether oxygens (including phenoxy) is 1. The predicted molar refractivity (Wildman–Crippen MR) is 96.6 cm³/mol. The summed E-state index contributed by atoms with van der Waals surface area (Å²) in [6.45, 7) is 4.43. The molecular weight excluding hydrogens is 302 g/mol. The van der Waals surface area contributed by atoms with Crippen molar-refractivity contribution in [3.8, 4) is 16.9 Å². The van der Waals surface area contributed by atoms with E-state index in [4.69, 9.17) is 4.74 Å². The topological polar surface area (TPSA) is 55.4 Å². The van der Waals surface area contributed by atoms with Crippen LogP contribution in [-0.2, 0) is 6.54 Å². The molecule has 0 aliphatic rings. The van der Waals surface area contributed by atoms with Gasteiger partial charge in [0.25, 0.3) is 0 Å². The Balaban J connectivity index is 1.90. The molecule has 0 amide bonds. The Morgan fingerprint density at radius 1 is 0.958 bits per heavy atom. The molecule has 3 aromatic carbocycles. The minimum Gasteiger partial charge on any atom is -0.496 e. The van der Waals surface area contributed by atoms with Crippen LogP contribution in [0.5, 0.6) is 5.75 Å². The predicted octanol–water partition coefficient (Wildman–Crippen LogP) is 3.19. The van der Waals surface area contributed by atoms with Crippen molar-refractivity contribution in [2.45, 2.75) is 20.4 Å². The number of methoxy groups -OCH3 is 1. The van der Waals surface area contributed by atoms with E-state index < -0.39 is 10.9 Å². The van der Waals surface area contributed by atoms with Gasteiger partial charge in [0.15, 0.2) is 0 Å². The van der Waals surface area contributed by atoms with E-state index in [1.165, 1.54) is 0 Å². The fourth-order valence-electron chi connectivity index (χ4n) is 2.77. The maximum Gasteiger partial charge on any atom is 0.250 e. The molecule has 0 bridgehead atoms. The van der Waals surface area contributed by atoms with Crippen molar-refractivity contribution in [2.24, 2.45) is 0 Å². The van der Waals surface area contributed by atoms with Gasteiger partial charge in [0.2, 0.25) is 10.9 Å². The number of aryl methyl sites for hydroxylation is 2. The van der Waals surface area contributed by atoms with Gasteiger partial charge in [-0.2, -0.15) is 0 Å². The minimum atomic E-state index is -0.460. The van der Waals surface area contributed by atoms with Crippen LogP contribution in [0.4, 0.5) is 5.69 Å². The number of anilines is 1. The second-order valence-electron chi connectivity index (χ2n) is 5.87. The highest BCUT2D eigenvalue weighted by molar-refractivity contribution is 5.82. The zero-order chi connectivity index (χ0) is 17.3. The lowest BCUT2D eigenvalue weighted by molar-refractivity contribution is 0.410. The quantitative estimate of drug-likeness (QED) is 0.733. The fourth-order valence-corrected chi connectivity index (χ4v) is 2.77. The van der Waals surface area contributed by atoms with E-state index in [1.54, 1.807) is 7.11 Å². The van der Waals surface area contributed by atoms with Crippen LogP contribution in [0.2, 0.25) is 0 Å². The standard InChI is InChI=1S/C20H19NO3/c1-12-8-9-14(10-13(12)2)17-18(20(23)19(17)22)21-11-15-6-4-5-7-16(15)24-3/h4-10,21H,11H2,1-3H3. The van der Waals surface area contributed by atoms with E-state index in [0.717, 1.165) is 28.0 Å². The van der Waals surface area contributed by atoms with Crippen LogP contribution >= 0.6 is 0 Å². The Hall–Kier alpha value is -2.88. The van der Waals surface area contributed by atoms with Gasteiger partial charge in [-0.15, -0.1) is 0 Å². The number of hydrogen-bond donors (Lipinski definition) is 1. The van der Waals surface area contributed by atoms with Crippen LogP contribution in [0.3, 0.4) is 0 Å². The molecular formula is C20H19NO3. The van der Waals surface area contributed by atoms with Gasteiger partial charge >= 0.3 is 0 Å². The van der Waals surface area contributed by atoms with E-state index in [-0.39, 0.29) is 0 Å². The van der Waals surface area contributed by atoms with Gasteiger partial charge < -0.3 is 10.1 Å². The molecule has 0 radical (unpaired) electrons. The zero-order valence-corrected chi connectivity index (χ0v) is 14.0. The van der Waals surface area contributed by atoms with Crippen LogP contribution < -0.4 is 20.9 Å². The maximum absolute atomic E-state index is 12.0. The molecule has 4 nitrogen and oxygen atoms in total. The molecule has 0 atom stereocenters. The molecule has 0 aromatic heterocycles. The van der Waals surface area contributed by atoms with E-state index in [1.807, 2.05) is 56.3 Å². The Bertz CT molecular complexity index is 965. The van der Waals surface area contributed by atoms with Crippen molar-refractivity contribution in [2.75, 3.05) is 12.4 Å². The first-order valence-electron chi connectivity index (χ1n) is 7.79. The molecule has 3 rings (SSSR count). The summed E-state index contributed by atoms with van der Waals surface area (Å²) in [5, 5.41) is 3.10. The molecule has 0 saturated heterocycles.